The van der Waals surface area contributed by atoms with E-state index in [-0.39, 0.29) is 11.5 Å². The number of carbonyl (C=O) groups excluding carboxylic acids is 1. The average Bonchev–Trinajstić information content (AvgIpc) is 2.88. The zero-order valence-electron chi connectivity index (χ0n) is 9.29. The van der Waals surface area contributed by atoms with Gasteiger partial charge in [-0.2, -0.15) is 0 Å². The van der Waals surface area contributed by atoms with E-state index >= 15 is 0 Å². The summed E-state index contributed by atoms with van der Waals surface area (Å²) >= 11 is 12.9. The Balaban J connectivity index is 2.10. The number of aromatic amines is 2. The highest BCUT2D eigenvalue weighted by Gasteiger charge is 2.16. The monoisotopic (exact) mass is 312 g/mol. The topological polar surface area (TPSA) is 65.7 Å². The van der Waals surface area contributed by atoms with Gasteiger partial charge in [0.2, 0.25) is 0 Å². The number of hydrogen-bond acceptors (Lipinski definition) is 3. The van der Waals surface area contributed by atoms with Crippen LogP contribution in [0.3, 0.4) is 0 Å². The van der Waals surface area contributed by atoms with Gasteiger partial charge in [-0.15, -0.1) is 11.3 Å². The number of aromatic nitrogens is 2. The standard InChI is InChI=1S/C12H6Cl2N2O2S/c13-9-4-6(11(14)19-9)10(17)5-1-2-7-8(3-5)16-12(18)15-7/h1-4H,(H2,15,16,18). The summed E-state index contributed by atoms with van der Waals surface area (Å²) in [5.41, 5.74) is 1.73. The minimum absolute atomic E-state index is 0.225. The average molecular weight is 313 g/mol. The van der Waals surface area contributed by atoms with Crippen molar-refractivity contribution in [1.82, 2.24) is 9.97 Å². The van der Waals surface area contributed by atoms with Gasteiger partial charge in [0.1, 0.15) is 4.34 Å². The van der Waals surface area contributed by atoms with Gasteiger partial charge < -0.3 is 9.97 Å². The van der Waals surface area contributed by atoms with Crippen molar-refractivity contribution < 1.29 is 4.79 Å². The molecular weight excluding hydrogens is 307 g/mol. The molecule has 0 aliphatic carbocycles. The van der Waals surface area contributed by atoms with Crippen molar-refractivity contribution in [2.75, 3.05) is 0 Å². The highest BCUT2D eigenvalue weighted by atomic mass is 35.5. The molecule has 0 unspecified atom stereocenters. The number of H-pyrrole nitrogens is 2. The molecule has 0 bridgehead atoms. The van der Waals surface area contributed by atoms with E-state index in [4.69, 9.17) is 23.2 Å². The first-order valence-corrected chi connectivity index (χ1v) is 6.83. The quantitative estimate of drug-likeness (QED) is 0.712. The molecule has 0 aliphatic heterocycles. The highest BCUT2D eigenvalue weighted by Crippen LogP contribution is 2.32. The fourth-order valence-electron chi connectivity index (χ4n) is 1.82. The Bertz CT molecular complexity index is 847. The molecule has 2 N–H and O–H groups in total. The van der Waals surface area contributed by atoms with E-state index in [9.17, 15) is 9.59 Å². The van der Waals surface area contributed by atoms with Crippen LogP contribution >= 0.6 is 34.5 Å². The number of thiophene rings is 1. The van der Waals surface area contributed by atoms with Gasteiger partial charge in [0.15, 0.2) is 5.78 Å². The molecule has 1 aromatic carbocycles. The minimum Gasteiger partial charge on any atom is -0.306 e. The number of carbonyl (C=O) groups is 1. The molecule has 3 rings (SSSR count). The molecule has 0 saturated heterocycles. The molecule has 96 valence electrons. The predicted molar refractivity (Wildman–Crippen MR) is 76.7 cm³/mol. The van der Waals surface area contributed by atoms with Crippen LogP contribution in [-0.4, -0.2) is 15.8 Å². The van der Waals surface area contributed by atoms with Gasteiger partial charge in [0.25, 0.3) is 0 Å². The molecule has 0 amide bonds. The summed E-state index contributed by atoms with van der Waals surface area (Å²) in [6.07, 6.45) is 0. The van der Waals surface area contributed by atoms with E-state index in [0.29, 0.717) is 30.8 Å². The summed E-state index contributed by atoms with van der Waals surface area (Å²) in [6, 6.07) is 6.46. The lowest BCUT2D eigenvalue weighted by Crippen LogP contribution is -2.00. The van der Waals surface area contributed by atoms with Crippen molar-refractivity contribution in [2.24, 2.45) is 0 Å². The van der Waals surface area contributed by atoms with Gasteiger partial charge in [0, 0.05) is 5.56 Å². The third kappa shape index (κ3) is 2.20. The van der Waals surface area contributed by atoms with Crippen molar-refractivity contribution in [3.8, 4) is 0 Å². The lowest BCUT2D eigenvalue weighted by atomic mass is 10.1. The van der Waals surface area contributed by atoms with E-state index in [1.54, 1.807) is 24.3 Å². The maximum absolute atomic E-state index is 12.3. The van der Waals surface area contributed by atoms with Crippen LogP contribution in [-0.2, 0) is 0 Å². The van der Waals surface area contributed by atoms with Gasteiger partial charge in [-0.1, -0.05) is 23.2 Å². The van der Waals surface area contributed by atoms with Gasteiger partial charge >= 0.3 is 5.69 Å². The molecule has 7 heteroatoms. The summed E-state index contributed by atoms with van der Waals surface area (Å²) in [5.74, 6) is -0.225. The van der Waals surface area contributed by atoms with Crippen molar-refractivity contribution in [1.29, 1.82) is 0 Å². The summed E-state index contributed by atoms with van der Waals surface area (Å²) in [6.45, 7) is 0. The molecule has 0 radical (unpaired) electrons. The van der Waals surface area contributed by atoms with E-state index < -0.39 is 0 Å². The predicted octanol–water partition coefficient (Wildman–Crippen LogP) is 3.46. The number of hydrogen-bond donors (Lipinski definition) is 2. The molecule has 0 spiro atoms. The summed E-state index contributed by atoms with van der Waals surface area (Å²) in [5, 5.41) is 0. The minimum atomic E-state index is -0.309. The highest BCUT2D eigenvalue weighted by molar-refractivity contribution is 7.20. The molecule has 0 fully saturated rings. The number of ketones is 1. The van der Waals surface area contributed by atoms with Crippen molar-refractivity contribution >= 4 is 51.4 Å². The second kappa shape index (κ2) is 4.52. The van der Waals surface area contributed by atoms with Gasteiger partial charge in [-0.3, -0.25) is 4.79 Å². The van der Waals surface area contributed by atoms with Crippen molar-refractivity contribution in [3.05, 3.63) is 54.5 Å². The van der Waals surface area contributed by atoms with E-state index in [1.165, 1.54) is 0 Å². The number of benzene rings is 1. The van der Waals surface area contributed by atoms with E-state index in [1.807, 2.05) is 0 Å². The molecule has 2 heterocycles. The maximum Gasteiger partial charge on any atom is 0.323 e. The van der Waals surface area contributed by atoms with Crippen LogP contribution < -0.4 is 5.69 Å². The molecular formula is C12H6Cl2N2O2S. The molecule has 3 aromatic rings. The Morgan fingerprint density at radius 3 is 2.53 bits per heavy atom. The van der Waals surface area contributed by atoms with E-state index in [0.717, 1.165) is 11.3 Å². The second-order valence-electron chi connectivity index (χ2n) is 3.91. The lowest BCUT2D eigenvalue weighted by Gasteiger charge is -1.99. The normalized spacial score (nSPS) is 11.1. The van der Waals surface area contributed by atoms with Crippen LogP contribution in [0.5, 0.6) is 0 Å². The van der Waals surface area contributed by atoms with Crippen LogP contribution in [0.1, 0.15) is 15.9 Å². The fourth-order valence-corrected chi connectivity index (χ4v) is 3.28. The number of nitrogens with one attached hydrogen (secondary N) is 2. The smallest absolute Gasteiger partial charge is 0.306 e. The maximum atomic E-state index is 12.3. The number of fused-ring (bicyclic) bond motifs is 1. The number of imidazole rings is 1. The van der Waals surface area contributed by atoms with Crippen LogP contribution in [0.15, 0.2) is 29.1 Å². The third-order valence-corrected chi connectivity index (χ3v) is 4.17. The Morgan fingerprint density at radius 1 is 1.11 bits per heavy atom. The van der Waals surface area contributed by atoms with Crippen molar-refractivity contribution in [3.63, 3.8) is 0 Å². The SMILES string of the molecule is O=C(c1ccc2[nH]c(=O)[nH]c2c1)c1cc(Cl)sc1Cl. The summed E-state index contributed by atoms with van der Waals surface area (Å²) in [4.78, 5) is 28.7. The molecule has 0 saturated carbocycles. The molecule has 4 nitrogen and oxygen atoms in total. The van der Waals surface area contributed by atoms with E-state index in [2.05, 4.69) is 9.97 Å². The Morgan fingerprint density at radius 2 is 1.84 bits per heavy atom. The fraction of sp³-hybridized carbons (Fsp3) is 0. The molecule has 0 aliphatic rings. The molecule has 19 heavy (non-hydrogen) atoms. The first kappa shape index (κ1) is 12.5. The first-order valence-electron chi connectivity index (χ1n) is 5.26. The third-order valence-electron chi connectivity index (χ3n) is 2.68. The Hall–Kier alpha value is -1.56. The van der Waals surface area contributed by atoms with Crippen LogP contribution in [0, 0.1) is 0 Å². The summed E-state index contributed by atoms with van der Waals surface area (Å²) < 4.78 is 0.821. The Kier molecular flexibility index (Phi) is 2.97. The Labute approximate surface area is 121 Å². The molecule has 2 aromatic heterocycles. The van der Waals surface area contributed by atoms with Crippen LogP contribution in [0.2, 0.25) is 8.67 Å². The first-order chi connectivity index (χ1) is 9.04. The van der Waals surface area contributed by atoms with Crippen LogP contribution in [0.4, 0.5) is 0 Å². The van der Waals surface area contributed by atoms with Crippen molar-refractivity contribution in [2.45, 2.75) is 0 Å². The summed E-state index contributed by atoms with van der Waals surface area (Å²) in [7, 11) is 0. The van der Waals surface area contributed by atoms with Crippen LogP contribution in [0.25, 0.3) is 11.0 Å². The van der Waals surface area contributed by atoms with Gasteiger partial charge in [-0.05, 0) is 24.3 Å². The largest absolute Gasteiger partial charge is 0.323 e. The molecule has 0 atom stereocenters. The zero-order valence-corrected chi connectivity index (χ0v) is 11.6. The van der Waals surface area contributed by atoms with Gasteiger partial charge in [0.05, 0.1) is 20.9 Å². The lowest BCUT2D eigenvalue weighted by molar-refractivity contribution is 0.103. The second-order valence-corrected chi connectivity index (χ2v) is 6.19. The number of halogens is 2. The zero-order chi connectivity index (χ0) is 13.6. The van der Waals surface area contributed by atoms with Gasteiger partial charge in [-0.25, -0.2) is 4.79 Å². The number of rotatable bonds is 2.